The molecule has 4 rings (SSSR count). The second-order valence-corrected chi connectivity index (χ2v) is 8.94. The van der Waals surface area contributed by atoms with E-state index in [4.69, 9.17) is 10.5 Å². The predicted octanol–water partition coefficient (Wildman–Crippen LogP) is 2.47. The number of fused-ring (bicyclic) bond motifs is 1. The molecule has 1 aromatic carbocycles. The third-order valence-corrected chi connectivity index (χ3v) is 6.02. The van der Waals surface area contributed by atoms with Crippen LogP contribution in [0, 0.1) is 5.82 Å². The summed E-state index contributed by atoms with van der Waals surface area (Å²) in [5.74, 6) is -3.42. The van der Waals surface area contributed by atoms with Gasteiger partial charge in [0.25, 0.3) is 5.91 Å². The van der Waals surface area contributed by atoms with E-state index in [1.54, 1.807) is 6.92 Å². The number of nitrogens with two attached hydrogens (primary N) is 1. The van der Waals surface area contributed by atoms with Crippen molar-refractivity contribution in [2.45, 2.75) is 31.0 Å². The van der Waals surface area contributed by atoms with E-state index in [2.05, 4.69) is 20.3 Å². The number of carbonyl (C=O) groups excluding carboxylic acids is 2. The molecule has 4 N–H and O–H groups in total. The molecule has 2 atom stereocenters. The number of hydrogen-bond acceptors (Lipinski definition) is 7. The number of nitrogens with one attached hydrogen (secondary N) is 1. The van der Waals surface area contributed by atoms with Crippen LogP contribution < -0.4 is 15.8 Å². The molecule has 0 radical (unpaired) electrons. The van der Waals surface area contributed by atoms with Crippen LogP contribution in [0.3, 0.4) is 0 Å². The summed E-state index contributed by atoms with van der Waals surface area (Å²) in [6.07, 6.45) is -4.05. The van der Waals surface area contributed by atoms with Gasteiger partial charge in [0.15, 0.2) is 0 Å². The van der Waals surface area contributed by atoms with Crippen LogP contribution in [-0.4, -0.2) is 45.0 Å². The average molecular weight is 519 g/mol. The van der Waals surface area contributed by atoms with Gasteiger partial charge >= 0.3 is 6.18 Å². The molecule has 13 heteroatoms. The van der Waals surface area contributed by atoms with Gasteiger partial charge in [-0.2, -0.15) is 13.2 Å². The third-order valence-electron chi connectivity index (χ3n) is 6.02. The smallest absolute Gasteiger partial charge is 0.451 e. The Kier molecular flexibility index (Phi) is 6.36. The summed E-state index contributed by atoms with van der Waals surface area (Å²) in [6, 6.07) is 7.69. The van der Waals surface area contributed by atoms with Crippen molar-refractivity contribution in [2.24, 2.45) is 5.73 Å². The highest BCUT2D eigenvalue weighted by Crippen LogP contribution is 2.45. The quantitative estimate of drug-likeness (QED) is 0.425. The molecular weight excluding hydrogens is 498 g/mol. The van der Waals surface area contributed by atoms with E-state index in [0.29, 0.717) is 11.1 Å². The molecule has 37 heavy (non-hydrogen) atoms. The van der Waals surface area contributed by atoms with Crippen LogP contribution in [0.5, 0.6) is 5.75 Å². The number of primary amides is 1. The summed E-state index contributed by atoms with van der Waals surface area (Å²) in [7, 11) is 0. The van der Waals surface area contributed by atoms with Gasteiger partial charge in [0.05, 0.1) is 12.2 Å². The summed E-state index contributed by atoms with van der Waals surface area (Å²) in [5.41, 5.74) is 2.89. The Morgan fingerprint density at radius 1 is 1.19 bits per heavy atom. The van der Waals surface area contributed by atoms with E-state index in [-0.39, 0.29) is 23.7 Å². The van der Waals surface area contributed by atoms with Crippen molar-refractivity contribution < 1.29 is 37.0 Å². The highest BCUT2D eigenvalue weighted by atomic mass is 19.4. The largest absolute Gasteiger partial charge is 0.489 e. The Morgan fingerprint density at radius 2 is 1.86 bits per heavy atom. The second kappa shape index (κ2) is 9.07. The standard InChI is InChI=1S/C24H21F4N5O4/c1-22(20(29)35)11-37-18-14(22)9-16(33-17(18)12-3-5-13(25)6-4-12)23(2,36)10-31-19(34)15-7-8-30-21(32-15)24(26,27)28/h3-9,36H,10-11H2,1-2H3,(H2,29,35)(H,31,34)/t22-,23-/m0/s1. The van der Waals surface area contributed by atoms with Crippen molar-refractivity contribution in [1.82, 2.24) is 20.3 Å². The predicted molar refractivity (Wildman–Crippen MR) is 121 cm³/mol. The number of rotatable bonds is 6. The van der Waals surface area contributed by atoms with Crippen molar-refractivity contribution >= 4 is 11.8 Å². The van der Waals surface area contributed by atoms with Gasteiger partial charge in [0.2, 0.25) is 11.7 Å². The number of carbonyl (C=O) groups is 2. The van der Waals surface area contributed by atoms with Gasteiger partial charge in [-0.15, -0.1) is 0 Å². The molecule has 0 bridgehead atoms. The van der Waals surface area contributed by atoms with Crippen LogP contribution in [0.1, 0.15) is 41.4 Å². The first-order valence-electron chi connectivity index (χ1n) is 10.9. The topological polar surface area (TPSA) is 140 Å². The minimum absolute atomic E-state index is 0.00233. The zero-order valence-electron chi connectivity index (χ0n) is 19.6. The first-order valence-corrected chi connectivity index (χ1v) is 10.9. The lowest BCUT2D eigenvalue weighted by molar-refractivity contribution is -0.145. The Bertz CT molecular complexity index is 1380. The molecule has 3 heterocycles. The van der Waals surface area contributed by atoms with E-state index in [1.165, 1.54) is 37.3 Å². The molecule has 0 unspecified atom stereocenters. The number of aromatic nitrogens is 3. The Balaban J connectivity index is 1.69. The third kappa shape index (κ3) is 4.94. The van der Waals surface area contributed by atoms with E-state index in [1.807, 2.05) is 0 Å². The van der Waals surface area contributed by atoms with Crippen molar-refractivity contribution in [1.29, 1.82) is 0 Å². The van der Waals surface area contributed by atoms with E-state index in [9.17, 15) is 32.3 Å². The lowest BCUT2D eigenvalue weighted by Crippen LogP contribution is -2.41. The molecule has 1 aliphatic heterocycles. The number of alkyl halides is 3. The van der Waals surface area contributed by atoms with Gasteiger partial charge in [0, 0.05) is 17.3 Å². The van der Waals surface area contributed by atoms with Crippen molar-refractivity contribution in [3.8, 4) is 17.0 Å². The second-order valence-electron chi connectivity index (χ2n) is 8.94. The van der Waals surface area contributed by atoms with Gasteiger partial charge in [-0.05, 0) is 50.2 Å². The molecule has 194 valence electrons. The van der Waals surface area contributed by atoms with E-state index in [0.717, 1.165) is 12.3 Å². The zero-order valence-corrected chi connectivity index (χ0v) is 19.6. The Labute approximate surface area is 207 Å². The molecule has 2 amide bonds. The molecule has 1 aliphatic rings. The van der Waals surface area contributed by atoms with Crippen LogP contribution in [0.25, 0.3) is 11.3 Å². The average Bonchev–Trinajstić information content (AvgIpc) is 3.20. The summed E-state index contributed by atoms with van der Waals surface area (Å²) >= 11 is 0. The number of ether oxygens (including phenoxy) is 1. The van der Waals surface area contributed by atoms with Crippen LogP contribution in [-0.2, 0) is 22.0 Å². The fourth-order valence-electron chi connectivity index (χ4n) is 3.72. The minimum atomic E-state index is -4.85. The fraction of sp³-hybridized carbons (Fsp3) is 0.292. The lowest BCUT2D eigenvalue weighted by atomic mass is 9.82. The molecule has 3 aromatic rings. The maximum absolute atomic E-state index is 13.5. The fourth-order valence-corrected chi connectivity index (χ4v) is 3.72. The number of aliphatic hydroxyl groups is 1. The van der Waals surface area contributed by atoms with Gasteiger partial charge in [-0.25, -0.2) is 19.3 Å². The Morgan fingerprint density at radius 3 is 2.49 bits per heavy atom. The molecule has 2 aromatic heterocycles. The van der Waals surface area contributed by atoms with Gasteiger partial charge in [0.1, 0.15) is 40.6 Å². The molecule has 0 fully saturated rings. The summed E-state index contributed by atoms with van der Waals surface area (Å²) in [5, 5.41) is 13.5. The lowest BCUT2D eigenvalue weighted by Gasteiger charge is -2.26. The van der Waals surface area contributed by atoms with E-state index < -0.39 is 52.9 Å². The number of halogens is 4. The number of benzene rings is 1. The van der Waals surface area contributed by atoms with Gasteiger partial charge in [-0.3, -0.25) is 9.59 Å². The maximum atomic E-state index is 13.5. The van der Waals surface area contributed by atoms with Crippen LogP contribution in [0.2, 0.25) is 0 Å². The first-order chi connectivity index (χ1) is 17.2. The zero-order chi connectivity index (χ0) is 27.2. The molecular formula is C24H21F4N5O4. The van der Waals surface area contributed by atoms with Crippen LogP contribution in [0.15, 0.2) is 42.6 Å². The van der Waals surface area contributed by atoms with Crippen molar-refractivity contribution in [3.05, 3.63) is 71.2 Å². The first kappa shape index (κ1) is 25.9. The number of hydrogen-bond donors (Lipinski definition) is 3. The summed E-state index contributed by atoms with van der Waals surface area (Å²) < 4.78 is 57.9. The molecule has 0 spiro atoms. The number of nitrogens with zero attached hydrogens (tertiary/aromatic N) is 3. The summed E-state index contributed by atoms with van der Waals surface area (Å²) in [4.78, 5) is 35.5. The SMILES string of the molecule is C[C@](O)(CNC(=O)c1ccnc(C(F)(F)F)n1)c1cc2c(c(-c3ccc(F)cc3)n1)OC[C@]2(C)C(N)=O. The Hall–Kier alpha value is -4.13. The summed E-state index contributed by atoms with van der Waals surface area (Å²) in [6.45, 7) is 2.29. The minimum Gasteiger partial charge on any atom is -0.489 e. The van der Waals surface area contributed by atoms with Crippen LogP contribution in [0.4, 0.5) is 17.6 Å². The van der Waals surface area contributed by atoms with Crippen molar-refractivity contribution in [3.63, 3.8) is 0 Å². The molecule has 0 aliphatic carbocycles. The normalized spacial score (nSPS) is 18.5. The van der Waals surface area contributed by atoms with Crippen LogP contribution >= 0.6 is 0 Å². The molecule has 9 nitrogen and oxygen atoms in total. The van der Waals surface area contributed by atoms with E-state index >= 15 is 0 Å². The van der Waals surface area contributed by atoms with Crippen molar-refractivity contribution in [2.75, 3.05) is 13.2 Å². The number of amides is 2. The van der Waals surface area contributed by atoms with Gasteiger partial charge in [-0.1, -0.05) is 0 Å². The molecule has 0 saturated carbocycles. The number of pyridine rings is 1. The monoisotopic (exact) mass is 519 g/mol. The molecule has 0 saturated heterocycles. The maximum Gasteiger partial charge on any atom is 0.451 e. The highest BCUT2D eigenvalue weighted by Gasteiger charge is 2.45. The van der Waals surface area contributed by atoms with Gasteiger partial charge < -0.3 is 20.9 Å². The highest BCUT2D eigenvalue weighted by molar-refractivity contribution is 5.92.